The summed E-state index contributed by atoms with van der Waals surface area (Å²) in [5.41, 5.74) is 1.93. The predicted molar refractivity (Wildman–Crippen MR) is 108 cm³/mol. The Morgan fingerprint density at radius 3 is 2.83 bits per heavy atom. The molecule has 0 atom stereocenters. The van der Waals surface area contributed by atoms with Crippen LogP contribution in [-0.2, 0) is 4.74 Å². The maximum absolute atomic E-state index is 12.3. The number of nitrogens with one attached hydrogen (secondary N) is 1. The van der Waals surface area contributed by atoms with Gasteiger partial charge in [0.05, 0.1) is 19.9 Å². The molecule has 1 aliphatic rings. The van der Waals surface area contributed by atoms with Gasteiger partial charge in [-0.2, -0.15) is 0 Å². The second-order valence-corrected chi connectivity index (χ2v) is 6.07. The largest absolute Gasteiger partial charge is 0.504 e. The molecule has 3 aromatic rings. The van der Waals surface area contributed by atoms with Gasteiger partial charge in [0.2, 0.25) is 5.88 Å². The molecule has 2 aromatic heterocycles. The number of nitrogens with zero attached hydrogens (tertiary/aromatic N) is 2. The Morgan fingerprint density at radius 2 is 2.03 bits per heavy atom. The number of ether oxygens (including phenoxy) is 2. The third-order valence-corrected chi connectivity index (χ3v) is 4.36. The standard InChI is InChI=1S/C21H17N3O5/c1-27-15-8-4-3-7-14(15)24-20-17(21(26)28-2)18(25)16(29-20)10-12-11-23-19-13(12)6-5-9-22-19/h3-11,24-25H,1-2H3/b12-10+. The van der Waals surface area contributed by atoms with Crippen molar-refractivity contribution in [2.75, 3.05) is 19.5 Å². The Morgan fingerprint density at radius 1 is 1.21 bits per heavy atom. The zero-order chi connectivity index (χ0) is 20.4. The smallest absolute Gasteiger partial charge is 0.347 e. The van der Waals surface area contributed by atoms with Crippen LogP contribution in [0.3, 0.4) is 0 Å². The number of esters is 1. The molecule has 2 N–H and O–H groups in total. The zero-order valence-electron chi connectivity index (χ0n) is 15.7. The molecule has 0 saturated heterocycles. The second kappa shape index (κ2) is 7.51. The number of aliphatic imine (C=N–C) groups is 1. The fourth-order valence-corrected chi connectivity index (χ4v) is 2.97. The number of carbonyl (C=O) groups is 1. The van der Waals surface area contributed by atoms with Gasteiger partial charge in [0.15, 0.2) is 22.9 Å². The maximum Gasteiger partial charge on any atom is 0.347 e. The highest BCUT2D eigenvalue weighted by Gasteiger charge is 2.27. The molecular formula is C21H17N3O5. The molecule has 0 spiro atoms. The lowest BCUT2D eigenvalue weighted by Gasteiger charge is -2.09. The maximum atomic E-state index is 12.3. The lowest BCUT2D eigenvalue weighted by Crippen LogP contribution is -2.04. The molecule has 29 heavy (non-hydrogen) atoms. The minimum Gasteiger partial charge on any atom is -0.504 e. The summed E-state index contributed by atoms with van der Waals surface area (Å²) in [6.07, 6.45) is 4.85. The monoisotopic (exact) mass is 391 g/mol. The molecule has 0 saturated carbocycles. The second-order valence-electron chi connectivity index (χ2n) is 6.07. The van der Waals surface area contributed by atoms with Crippen LogP contribution in [0.25, 0.3) is 11.6 Å². The van der Waals surface area contributed by atoms with Gasteiger partial charge in [-0.25, -0.2) is 14.8 Å². The Labute approximate surface area is 166 Å². The molecule has 8 nitrogen and oxygen atoms in total. The van der Waals surface area contributed by atoms with Gasteiger partial charge in [-0.05, 0) is 30.3 Å². The van der Waals surface area contributed by atoms with E-state index in [1.807, 2.05) is 12.1 Å². The van der Waals surface area contributed by atoms with E-state index >= 15 is 0 Å². The fourth-order valence-electron chi connectivity index (χ4n) is 2.97. The molecule has 8 heteroatoms. The normalized spacial score (nSPS) is 13.4. The van der Waals surface area contributed by atoms with Crippen LogP contribution in [-0.4, -0.2) is 36.5 Å². The minimum atomic E-state index is -0.740. The highest BCUT2D eigenvalue weighted by molar-refractivity contribution is 6.21. The summed E-state index contributed by atoms with van der Waals surface area (Å²) >= 11 is 0. The third kappa shape index (κ3) is 3.31. The van der Waals surface area contributed by atoms with Crippen molar-refractivity contribution in [1.82, 2.24) is 4.98 Å². The highest BCUT2D eigenvalue weighted by Crippen LogP contribution is 2.40. The third-order valence-electron chi connectivity index (χ3n) is 4.36. The average Bonchev–Trinajstić information content (AvgIpc) is 3.29. The molecule has 1 aromatic carbocycles. The molecular weight excluding hydrogens is 374 g/mol. The molecule has 4 rings (SSSR count). The molecule has 0 unspecified atom stereocenters. The van der Waals surface area contributed by atoms with Crippen molar-refractivity contribution in [3.8, 4) is 11.5 Å². The van der Waals surface area contributed by atoms with E-state index in [-0.39, 0.29) is 23.0 Å². The molecule has 0 fully saturated rings. The number of fused-ring (bicyclic) bond motifs is 1. The molecule has 1 aliphatic heterocycles. The van der Waals surface area contributed by atoms with Crippen LogP contribution in [0.2, 0.25) is 0 Å². The van der Waals surface area contributed by atoms with E-state index in [9.17, 15) is 9.90 Å². The number of pyridine rings is 1. The van der Waals surface area contributed by atoms with Crippen LogP contribution < -0.4 is 10.1 Å². The summed E-state index contributed by atoms with van der Waals surface area (Å²) in [6.45, 7) is 0. The number of methoxy groups -OCH3 is 2. The van der Waals surface area contributed by atoms with E-state index in [1.165, 1.54) is 14.2 Å². The van der Waals surface area contributed by atoms with E-state index in [2.05, 4.69) is 15.3 Å². The van der Waals surface area contributed by atoms with Crippen molar-refractivity contribution < 1.29 is 23.8 Å². The van der Waals surface area contributed by atoms with E-state index in [1.54, 1.807) is 42.8 Å². The van der Waals surface area contributed by atoms with Gasteiger partial charge in [-0.3, -0.25) is 0 Å². The zero-order valence-corrected chi connectivity index (χ0v) is 15.7. The number of anilines is 2. The minimum absolute atomic E-state index is 0.0343. The van der Waals surface area contributed by atoms with Crippen molar-refractivity contribution >= 4 is 41.2 Å². The van der Waals surface area contributed by atoms with Crippen LogP contribution in [0, 0.1) is 0 Å². The molecule has 0 amide bonds. The van der Waals surface area contributed by atoms with Crippen LogP contribution in [0.5, 0.6) is 11.5 Å². The molecule has 0 aliphatic carbocycles. The summed E-state index contributed by atoms with van der Waals surface area (Å²) in [5.74, 6) is 0.156. The summed E-state index contributed by atoms with van der Waals surface area (Å²) < 4.78 is 15.9. The van der Waals surface area contributed by atoms with Crippen LogP contribution >= 0.6 is 0 Å². The van der Waals surface area contributed by atoms with Gasteiger partial charge in [-0.1, -0.05) is 12.1 Å². The number of aromatic nitrogens is 1. The summed E-state index contributed by atoms with van der Waals surface area (Å²) in [4.78, 5) is 20.7. The first-order chi connectivity index (χ1) is 14.1. The molecule has 0 radical (unpaired) electrons. The Kier molecular flexibility index (Phi) is 4.74. The van der Waals surface area contributed by atoms with Gasteiger partial charge in [-0.15, -0.1) is 0 Å². The van der Waals surface area contributed by atoms with Gasteiger partial charge in [0.25, 0.3) is 0 Å². The number of hydrogen-bond donors (Lipinski definition) is 2. The summed E-state index contributed by atoms with van der Waals surface area (Å²) in [5, 5.41) is 13.6. The summed E-state index contributed by atoms with van der Waals surface area (Å²) in [6, 6.07) is 10.8. The van der Waals surface area contributed by atoms with Crippen LogP contribution in [0.4, 0.5) is 17.4 Å². The first-order valence-corrected chi connectivity index (χ1v) is 8.67. The predicted octanol–water partition coefficient (Wildman–Crippen LogP) is 4.18. The van der Waals surface area contributed by atoms with Gasteiger partial charge in [0.1, 0.15) is 5.75 Å². The van der Waals surface area contributed by atoms with E-state index in [0.717, 1.165) is 5.56 Å². The highest BCUT2D eigenvalue weighted by atomic mass is 16.5. The molecule has 0 bridgehead atoms. The van der Waals surface area contributed by atoms with Crippen molar-refractivity contribution in [2.45, 2.75) is 0 Å². The summed E-state index contributed by atoms with van der Waals surface area (Å²) in [7, 11) is 2.76. The topological polar surface area (TPSA) is 106 Å². The van der Waals surface area contributed by atoms with Crippen molar-refractivity contribution in [3.63, 3.8) is 0 Å². The number of benzene rings is 1. The Bertz CT molecular complexity index is 1150. The lowest BCUT2D eigenvalue weighted by atomic mass is 10.1. The van der Waals surface area contributed by atoms with Crippen molar-refractivity contribution in [2.24, 2.45) is 4.99 Å². The van der Waals surface area contributed by atoms with E-state index < -0.39 is 5.97 Å². The number of hydrogen-bond acceptors (Lipinski definition) is 8. The van der Waals surface area contributed by atoms with Gasteiger partial charge in [0, 0.05) is 23.5 Å². The first-order valence-electron chi connectivity index (χ1n) is 8.67. The number of para-hydroxylation sites is 2. The number of aromatic hydroxyl groups is 1. The Hall–Kier alpha value is -4.07. The number of allylic oxidation sites excluding steroid dienone is 1. The SMILES string of the molecule is COC(=O)c1c(Nc2ccccc2OC)oc(/C=C2\C=Nc3ncccc32)c1O. The van der Waals surface area contributed by atoms with Crippen molar-refractivity contribution in [1.29, 1.82) is 0 Å². The average molecular weight is 391 g/mol. The van der Waals surface area contributed by atoms with Gasteiger partial charge < -0.3 is 24.3 Å². The number of rotatable bonds is 5. The van der Waals surface area contributed by atoms with E-state index in [0.29, 0.717) is 22.8 Å². The van der Waals surface area contributed by atoms with Crippen molar-refractivity contribution in [3.05, 3.63) is 59.5 Å². The first kappa shape index (κ1) is 18.3. The van der Waals surface area contributed by atoms with Crippen LogP contribution in [0.15, 0.2) is 52.0 Å². The van der Waals surface area contributed by atoms with E-state index in [4.69, 9.17) is 13.9 Å². The fraction of sp³-hybridized carbons (Fsp3) is 0.0952. The number of carbonyl (C=O) groups excluding carboxylic acids is 1. The number of furan rings is 1. The lowest BCUT2D eigenvalue weighted by molar-refractivity contribution is 0.0598. The molecule has 146 valence electrons. The Balaban J connectivity index is 1.78. The molecule has 3 heterocycles. The van der Waals surface area contributed by atoms with Crippen LogP contribution in [0.1, 0.15) is 21.7 Å². The quantitative estimate of drug-likeness (QED) is 0.629. The van der Waals surface area contributed by atoms with Gasteiger partial charge >= 0.3 is 5.97 Å².